The van der Waals surface area contributed by atoms with Crippen molar-refractivity contribution >= 4 is 34.6 Å². The van der Waals surface area contributed by atoms with Crippen LogP contribution in [-0.4, -0.2) is 31.5 Å². The molecule has 1 aliphatic carbocycles. The highest BCUT2D eigenvalue weighted by Gasteiger charge is 2.29. The molecule has 1 heterocycles. The van der Waals surface area contributed by atoms with E-state index in [0.717, 1.165) is 48.3 Å². The van der Waals surface area contributed by atoms with Gasteiger partial charge in [0, 0.05) is 28.5 Å². The van der Waals surface area contributed by atoms with E-state index in [9.17, 15) is 14.1 Å². The Bertz CT molecular complexity index is 1250. The van der Waals surface area contributed by atoms with E-state index in [2.05, 4.69) is 59.4 Å². The Labute approximate surface area is 235 Å². The molecule has 0 radical (unpaired) electrons. The number of allylic oxidation sites excluding steroid dienone is 4. The summed E-state index contributed by atoms with van der Waals surface area (Å²) in [6.07, 6.45) is 22.4. The van der Waals surface area contributed by atoms with Crippen LogP contribution in [0.25, 0.3) is 17.8 Å². The van der Waals surface area contributed by atoms with Gasteiger partial charge in [-0.15, -0.1) is 0 Å². The van der Waals surface area contributed by atoms with E-state index in [-0.39, 0.29) is 5.92 Å². The summed E-state index contributed by atoms with van der Waals surface area (Å²) >= 11 is 0. The molecule has 0 saturated heterocycles. The first kappa shape index (κ1) is 31.6. The molecule has 2 aromatic rings. The highest BCUT2D eigenvalue weighted by atomic mass is 32.2. The van der Waals surface area contributed by atoms with Crippen LogP contribution in [0, 0.1) is 24.3 Å². The summed E-state index contributed by atoms with van der Waals surface area (Å²) in [5, 5.41) is 13.8. The van der Waals surface area contributed by atoms with Crippen molar-refractivity contribution in [3.63, 3.8) is 0 Å². The van der Waals surface area contributed by atoms with Crippen molar-refractivity contribution in [3.05, 3.63) is 82.3 Å². The predicted molar refractivity (Wildman–Crippen MR) is 164 cm³/mol. The molecule has 0 amide bonds. The van der Waals surface area contributed by atoms with Crippen LogP contribution >= 0.6 is 0 Å². The van der Waals surface area contributed by atoms with Crippen molar-refractivity contribution in [2.45, 2.75) is 59.3 Å². The van der Waals surface area contributed by atoms with Crippen molar-refractivity contribution in [2.75, 3.05) is 6.26 Å². The van der Waals surface area contributed by atoms with Gasteiger partial charge in [-0.05, 0) is 87.6 Å². The third-order valence-electron chi connectivity index (χ3n) is 6.80. The minimum absolute atomic E-state index is 0.240. The molecular formula is C32H41N3O3S. The maximum Gasteiger partial charge on any atom is 0.306 e. The summed E-state index contributed by atoms with van der Waals surface area (Å²) in [5.74, 6) is -0.0843. The summed E-state index contributed by atoms with van der Waals surface area (Å²) in [6.45, 7) is 7.87. The molecule has 1 aliphatic rings. The fraction of sp³-hybridized carbons (Fsp3) is 0.375. The van der Waals surface area contributed by atoms with Crippen LogP contribution in [0.3, 0.4) is 0 Å². The Morgan fingerprint density at radius 2 is 1.85 bits per heavy atom. The number of aromatic nitrogens is 2. The molecule has 1 aromatic carbocycles. The largest absolute Gasteiger partial charge is 0.481 e. The van der Waals surface area contributed by atoms with Gasteiger partial charge in [0.2, 0.25) is 0 Å². The van der Waals surface area contributed by atoms with E-state index >= 15 is 0 Å². The van der Waals surface area contributed by atoms with Gasteiger partial charge in [-0.3, -0.25) is 9.00 Å². The molecule has 208 valence electrons. The highest BCUT2D eigenvalue weighted by molar-refractivity contribution is 7.87. The predicted octanol–water partition coefficient (Wildman–Crippen LogP) is 6.96. The van der Waals surface area contributed by atoms with Gasteiger partial charge in [0.15, 0.2) is 0 Å². The number of carboxylic acid groups (broad SMARTS) is 1. The summed E-state index contributed by atoms with van der Waals surface area (Å²) in [5.41, 5.74) is 6.27. The zero-order chi connectivity index (χ0) is 28.8. The summed E-state index contributed by atoms with van der Waals surface area (Å²) in [7, 11) is -0.921. The van der Waals surface area contributed by atoms with Gasteiger partial charge in [0.25, 0.3) is 0 Å². The normalized spacial score (nSPS) is 19.0. The van der Waals surface area contributed by atoms with Crippen molar-refractivity contribution in [3.8, 4) is 12.5 Å². The number of terminal acetylenes is 1. The number of carboxylic acids is 1. The van der Waals surface area contributed by atoms with Gasteiger partial charge in [-0.25, -0.2) is 4.98 Å². The average molecular weight is 548 g/mol. The van der Waals surface area contributed by atoms with E-state index in [4.69, 9.17) is 6.42 Å². The van der Waals surface area contributed by atoms with E-state index in [0.29, 0.717) is 11.8 Å². The number of aromatic amines is 1. The van der Waals surface area contributed by atoms with Gasteiger partial charge in [0.1, 0.15) is 0 Å². The molecule has 7 heteroatoms. The topological polar surface area (TPSA) is 95.1 Å². The van der Waals surface area contributed by atoms with E-state index in [1.165, 1.54) is 11.1 Å². The van der Waals surface area contributed by atoms with Crippen LogP contribution in [0.1, 0.15) is 81.8 Å². The van der Waals surface area contributed by atoms with Gasteiger partial charge in [-0.1, -0.05) is 55.3 Å². The Kier molecular flexibility index (Phi) is 13.2. The summed E-state index contributed by atoms with van der Waals surface area (Å²) < 4.78 is 10.8. The van der Waals surface area contributed by atoms with Gasteiger partial charge in [0.05, 0.1) is 29.3 Å². The van der Waals surface area contributed by atoms with E-state index in [1.54, 1.807) is 24.1 Å². The third kappa shape index (κ3) is 10.6. The van der Waals surface area contributed by atoms with Crippen LogP contribution in [0.15, 0.2) is 59.8 Å². The first-order valence-corrected chi connectivity index (χ1v) is 14.8. The molecule has 2 unspecified atom stereocenters. The Morgan fingerprint density at radius 1 is 1.18 bits per heavy atom. The quantitative estimate of drug-likeness (QED) is 0.179. The van der Waals surface area contributed by atoms with Crippen LogP contribution in [0.2, 0.25) is 0 Å². The van der Waals surface area contributed by atoms with Crippen molar-refractivity contribution in [1.82, 2.24) is 15.3 Å². The van der Waals surface area contributed by atoms with Gasteiger partial charge in [-0.2, -0.15) is 0 Å². The lowest BCUT2D eigenvalue weighted by Crippen LogP contribution is -2.24. The Balaban J connectivity index is 0.000000344. The van der Waals surface area contributed by atoms with Crippen LogP contribution in [0.5, 0.6) is 0 Å². The number of H-pyrrole nitrogens is 1. The van der Waals surface area contributed by atoms with Crippen LogP contribution in [0.4, 0.5) is 0 Å². The fourth-order valence-corrected chi connectivity index (χ4v) is 4.86. The molecule has 39 heavy (non-hydrogen) atoms. The number of hydrogen-bond donors (Lipinski definition) is 3. The lowest BCUT2D eigenvalue weighted by molar-refractivity contribution is -0.143. The maximum atomic E-state index is 11.2. The minimum atomic E-state index is -0.921. The lowest BCUT2D eigenvalue weighted by atomic mass is 9.74. The number of rotatable bonds is 9. The van der Waals surface area contributed by atoms with Crippen LogP contribution in [-0.2, 0) is 15.6 Å². The zero-order valence-electron chi connectivity index (χ0n) is 23.6. The molecular weight excluding hydrogens is 506 g/mol. The monoisotopic (exact) mass is 547 g/mol. The number of benzene rings is 1. The van der Waals surface area contributed by atoms with Crippen molar-refractivity contribution in [2.24, 2.45) is 11.8 Å². The van der Waals surface area contributed by atoms with E-state index < -0.39 is 16.8 Å². The molecule has 0 bridgehead atoms. The summed E-state index contributed by atoms with van der Waals surface area (Å²) in [6, 6.07) is 11.1. The smallest absolute Gasteiger partial charge is 0.306 e. The minimum Gasteiger partial charge on any atom is -0.481 e. The molecule has 0 aliphatic heterocycles. The second kappa shape index (κ2) is 16.4. The average Bonchev–Trinajstić information content (AvgIpc) is 3.37. The number of nitrogens with zero attached hydrogens (tertiary/aromatic N) is 1. The molecule has 6 nitrogen and oxygen atoms in total. The summed E-state index contributed by atoms with van der Waals surface area (Å²) in [4.78, 5) is 18.2. The SMILES string of the molecule is C#CN/C(=C\C=C(C)C)c1ccc(C2CCC(C(C)C(=O)O)CC2)cc1.C/C=C\c1[nH]cnc1/C=C/S(C)=O. The lowest BCUT2D eigenvalue weighted by Gasteiger charge is -2.31. The second-order valence-electron chi connectivity index (χ2n) is 9.96. The van der Waals surface area contributed by atoms with Crippen molar-refractivity contribution < 1.29 is 14.1 Å². The Hall–Kier alpha value is -3.63. The van der Waals surface area contributed by atoms with Crippen LogP contribution < -0.4 is 5.32 Å². The maximum absolute atomic E-state index is 11.2. The number of carbonyl (C=O) groups is 1. The first-order valence-electron chi connectivity index (χ1n) is 13.2. The second-order valence-corrected chi connectivity index (χ2v) is 11.2. The highest BCUT2D eigenvalue weighted by Crippen LogP contribution is 2.39. The molecule has 1 fully saturated rings. The molecule has 3 rings (SSSR count). The number of aliphatic carboxylic acids is 1. The van der Waals surface area contributed by atoms with Crippen molar-refractivity contribution in [1.29, 1.82) is 0 Å². The fourth-order valence-electron chi connectivity index (χ4n) is 4.53. The molecule has 2 atom stereocenters. The molecule has 1 aromatic heterocycles. The third-order valence-corrected chi connectivity index (χ3v) is 7.32. The molecule has 3 N–H and O–H groups in total. The number of hydrogen-bond acceptors (Lipinski definition) is 4. The number of nitrogens with one attached hydrogen (secondary N) is 2. The molecule has 0 spiro atoms. The van der Waals surface area contributed by atoms with Gasteiger partial charge < -0.3 is 15.4 Å². The zero-order valence-corrected chi connectivity index (χ0v) is 24.4. The van der Waals surface area contributed by atoms with E-state index in [1.807, 2.05) is 38.2 Å². The van der Waals surface area contributed by atoms with Gasteiger partial charge >= 0.3 is 5.97 Å². The number of imidazole rings is 1. The molecule has 1 saturated carbocycles. The standard InChI is InChI=1S/C23H29NO2.C9H12N2OS/c1-5-24-22(15-6-16(2)3)21-13-11-20(12-14-21)19-9-7-18(8-10-19)17(4)23(25)26;1-3-4-8-9(11-7-10-8)5-6-13(2)12/h1,6,11-15,17-19,24H,7-10H2,2-4H3,(H,25,26);3-7H,1-2H3,(H,10,11)/b22-15-;4-3-,6-5+. The first-order chi connectivity index (χ1) is 18.7. The Morgan fingerprint density at radius 3 is 2.38 bits per heavy atom.